The molecule has 0 atom stereocenters. The summed E-state index contributed by atoms with van der Waals surface area (Å²) < 4.78 is 5.39. The largest absolute Gasteiger partial charge is 0.339 e. The molecule has 5 nitrogen and oxygen atoms in total. The molecule has 3 rings (SSSR count). The van der Waals surface area contributed by atoms with Crippen LogP contribution in [0.25, 0.3) is 11.5 Å². The third kappa shape index (κ3) is 2.83. The van der Waals surface area contributed by atoms with Crippen molar-refractivity contribution in [3.8, 4) is 11.5 Å². The van der Waals surface area contributed by atoms with Gasteiger partial charge in [-0.3, -0.25) is 4.98 Å². The quantitative estimate of drug-likeness (QED) is 0.941. The van der Waals surface area contributed by atoms with Gasteiger partial charge in [0.1, 0.15) is 5.69 Å². The number of rotatable bonds is 3. The van der Waals surface area contributed by atoms with Crippen molar-refractivity contribution < 1.29 is 4.52 Å². The Labute approximate surface area is 122 Å². The molecular formula is C14H17ClN4O. The summed E-state index contributed by atoms with van der Waals surface area (Å²) in [7, 11) is 0. The first-order valence-electron chi connectivity index (χ1n) is 6.92. The number of nitrogens with zero attached hydrogens (tertiary/aromatic N) is 3. The highest BCUT2D eigenvalue weighted by molar-refractivity contribution is 6.30. The second-order valence-electron chi connectivity index (χ2n) is 5.27. The van der Waals surface area contributed by atoms with Gasteiger partial charge >= 0.3 is 0 Å². The number of hydrogen-bond donors (Lipinski definition) is 1. The highest BCUT2D eigenvalue weighted by Gasteiger charge is 2.26. The highest BCUT2D eigenvalue weighted by atomic mass is 35.5. The van der Waals surface area contributed by atoms with Crippen molar-refractivity contribution in [3.63, 3.8) is 0 Å². The van der Waals surface area contributed by atoms with E-state index in [4.69, 9.17) is 21.9 Å². The predicted octanol–water partition coefficient (Wildman–Crippen LogP) is 3.02. The van der Waals surface area contributed by atoms with E-state index in [0.717, 1.165) is 32.2 Å². The lowest BCUT2D eigenvalue weighted by atomic mass is 9.82. The van der Waals surface area contributed by atoms with Gasteiger partial charge in [0.05, 0.1) is 5.02 Å². The van der Waals surface area contributed by atoms with Crippen LogP contribution in [0.2, 0.25) is 5.02 Å². The molecule has 6 heteroatoms. The van der Waals surface area contributed by atoms with Gasteiger partial charge in [0, 0.05) is 12.1 Å². The second-order valence-corrected chi connectivity index (χ2v) is 5.71. The third-order valence-corrected chi connectivity index (χ3v) is 4.15. The summed E-state index contributed by atoms with van der Waals surface area (Å²) in [6, 6.07) is 3.56. The smallest absolute Gasteiger partial charge is 0.230 e. The summed E-state index contributed by atoms with van der Waals surface area (Å²) >= 11 is 5.82. The van der Waals surface area contributed by atoms with Gasteiger partial charge in [-0.1, -0.05) is 16.8 Å². The summed E-state index contributed by atoms with van der Waals surface area (Å²) in [5, 5.41) is 4.61. The molecular weight excluding hydrogens is 276 g/mol. The normalized spacial score (nSPS) is 22.9. The van der Waals surface area contributed by atoms with Crippen LogP contribution in [-0.2, 0) is 0 Å². The van der Waals surface area contributed by atoms with Crippen molar-refractivity contribution in [2.45, 2.75) is 31.6 Å². The Bertz CT molecular complexity index is 561. The molecule has 0 unspecified atom stereocenters. The van der Waals surface area contributed by atoms with Crippen LogP contribution >= 0.6 is 11.6 Å². The highest BCUT2D eigenvalue weighted by Crippen LogP contribution is 2.35. The molecule has 1 fully saturated rings. The zero-order chi connectivity index (χ0) is 13.9. The van der Waals surface area contributed by atoms with E-state index in [1.807, 2.05) is 0 Å². The number of halogens is 1. The average molecular weight is 293 g/mol. The molecule has 1 aliphatic rings. The van der Waals surface area contributed by atoms with Gasteiger partial charge in [-0.05, 0) is 50.3 Å². The van der Waals surface area contributed by atoms with Crippen LogP contribution in [0.1, 0.15) is 37.5 Å². The van der Waals surface area contributed by atoms with E-state index in [0.29, 0.717) is 34.3 Å². The molecule has 0 radical (unpaired) electrons. The molecule has 1 aliphatic carbocycles. The van der Waals surface area contributed by atoms with Crippen LogP contribution in [0.15, 0.2) is 22.9 Å². The van der Waals surface area contributed by atoms with E-state index < -0.39 is 0 Å². The van der Waals surface area contributed by atoms with E-state index in [9.17, 15) is 0 Å². The first-order chi connectivity index (χ1) is 9.76. The summed E-state index contributed by atoms with van der Waals surface area (Å²) in [6.45, 7) is 0.774. The fraction of sp³-hybridized carbons (Fsp3) is 0.500. The van der Waals surface area contributed by atoms with Crippen LogP contribution in [0.5, 0.6) is 0 Å². The lowest BCUT2D eigenvalue weighted by Gasteiger charge is -2.24. The molecule has 0 spiro atoms. The lowest BCUT2D eigenvalue weighted by molar-refractivity contribution is 0.275. The zero-order valence-corrected chi connectivity index (χ0v) is 11.9. The van der Waals surface area contributed by atoms with Crippen LogP contribution in [0.4, 0.5) is 0 Å². The van der Waals surface area contributed by atoms with Gasteiger partial charge in [-0.25, -0.2) is 0 Å². The molecule has 1 saturated carbocycles. The number of hydrogen-bond acceptors (Lipinski definition) is 5. The predicted molar refractivity (Wildman–Crippen MR) is 76.3 cm³/mol. The summed E-state index contributed by atoms with van der Waals surface area (Å²) in [6.07, 6.45) is 5.99. The second kappa shape index (κ2) is 5.89. The Balaban J connectivity index is 1.72. The maximum atomic E-state index is 5.82. The van der Waals surface area contributed by atoms with Crippen molar-refractivity contribution in [1.29, 1.82) is 0 Å². The first-order valence-corrected chi connectivity index (χ1v) is 7.29. The van der Waals surface area contributed by atoms with Crippen molar-refractivity contribution in [1.82, 2.24) is 15.1 Å². The Hall–Kier alpha value is -1.46. The number of pyridine rings is 1. The van der Waals surface area contributed by atoms with E-state index in [1.54, 1.807) is 18.3 Å². The van der Waals surface area contributed by atoms with Gasteiger partial charge in [0.25, 0.3) is 0 Å². The number of aromatic nitrogens is 3. The molecule has 2 heterocycles. The molecule has 2 N–H and O–H groups in total. The molecule has 0 bridgehead atoms. The van der Waals surface area contributed by atoms with Crippen LogP contribution in [-0.4, -0.2) is 21.7 Å². The van der Waals surface area contributed by atoms with Gasteiger partial charge < -0.3 is 10.3 Å². The van der Waals surface area contributed by atoms with E-state index >= 15 is 0 Å². The Morgan fingerprint density at radius 3 is 2.70 bits per heavy atom. The molecule has 20 heavy (non-hydrogen) atoms. The lowest BCUT2D eigenvalue weighted by Crippen LogP contribution is -2.20. The maximum absolute atomic E-state index is 5.82. The zero-order valence-electron chi connectivity index (χ0n) is 11.1. The molecule has 106 valence electrons. The maximum Gasteiger partial charge on any atom is 0.230 e. The summed E-state index contributed by atoms with van der Waals surface area (Å²) in [5.41, 5.74) is 6.39. The number of nitrogens with two attached hydrogens (primary N) is 1. The summed E-state index contributed by atoms with van der Waals surface area (Å²) in [4.78, 5) is 8.67. The Morgan fingerprint density at radius 1 is 1.25 bits per heavy atom. The van der Waals surface area contributed by atoms with Crippen LogP contribution in [0, 0.1) is 5.92 Å². The Kier molecular flexibility index (Phi) is 3.98. The molecule has 0 aliphatic heterocycles. The fourth-order valence-corrected chi connectivity index (χ4v) is 2.77. The van der Waals surface area contributed by atoms with Crippen molar-refractivity contribution in [2.75, 3.05) is 6.54 Å². The molecule has 0 aromatic carbocycles. The van der Waals surface area contributed by atoms with Gasteiger partial charge in [0.2, 0.25) is 11.7 Å². The van der Waals surface area contributed by atoms with Crippen LogP contribution in [0.3, 0.4) is 0 Å². The minimum atomic E-state index is 0.353. The standard InChI is InChI=1S/C14H17ClN4O/c15-11-5-6-12(17-8-11)13-18-14(20-19-13)10-3-1-9(7-16)2-4-10/h5-6,8-10H,1-4,7,16H2. The monoisotopic (exact) mass is 292 g/mol. The Morgan fingerprint density at radius 2 is 2.05 bits per heavy atom. The molecule has 2 aromatic rings. The van der Waals surface area contributed by atoms with Crippen molar-refractivity contribution >= 4 is 11.6 Å². The van der Waals surface area contributed by atoms with Crippen molar-refractivity contribution in [2.24, 2.45) is 11.7 Å². The van der Waals surface area contributed by atoms with Gasteiger partial charge in [-0.2, -0.15) is 4.98 Å². The summed E-state index contributed by atoms with van der Waals surface area (Å²) in [5.74, 6) is 2.24. The minimum absolute atomic E-state index is 0.353. The topological polar surface area (TPSA) is 77.8 Å². The molecule has 0 saturated heterocycles. The van der Waals surface area contributed by atoms with Crippen LogP contribution < -0.4 is 5.73 Å². The molecule has 0 amide bonds. The third-order valence-electron chi connectivity index (χ3n) is 3.93. The minimum Gasteiger partial charge on any atom is -0.339 e. The first kappa shape index (κ1) is 13.5. The fourth-order valence-electron chi connectivity index (χ4n) is 2.66. The van der Waals surface area contributed by atoms with Gasteiger partial charge in [-0.15, -0.1) is 0 Å². The van der Waals surface area contributed by atoms with E-state index in [2.05, 4.69) is 15.1 Å². The molecule has 2 aromatic heterocycles. The SMILES string of the molecule is NCC1CCC(c2nc(-c3ccc(Cl)cn3)no2)CC1. The average Bonchev–Trinajstić information content (AvgIpc) is 2.98. The van der Waals surface area contributed by atoms with E-state index in [1.165, 1.54) is 0 Å². The van der Waals surface area contributed by atoms with Crippen molar-refractivity contribution in [3.05, 3.63) is 29.2 Å². The van der Waals surface area contributed by atoms with Gasteiger partial charge in [0.15, 0.2) is 0 Å². The van der Waals surface area contributed by atoms with E-state index in [-0.39, 0.29) is 0 Å².